The van der Waals surface area contributed by atoms with Gasteiger partial charge in [0.25, 0.3) is 0 Å². The minimum Gasteiger partial charge on any atom is -0.377 e. The van der Waals surface area contributed by atoms with Gasteiger partial charge in [-0.15, -0.1) is 11.8 Å². The van der Waals surface area contributed by atoms with Gasteiger partial charge in [-0.3, -0.25) is 4.79 Å². The van der Waals surface area contributed by atoms with Crippen molar-refractivity contribution in [3.05, 3.63) is 0 Å². The average molecular weight is 230 g/mol. The number of hydrogen-bond acceptors (Lipinski definition) is 4. The molecule has 2 heterocycles. The van der Waals surface area contributed by atoms with Crippen molar-refractivity contribution in [2.24, 2.45) is 0 Å². The number of carbonyl (C=O) groups is 1. The molecule has 0 aromatic rings. The topological polar surface area (TPSA) is 50.4 Å². The van der Waals surface area contributed by atoms with Crippen LogP contribution in [0.5, 0.6) is 0 Å². The van der Waals surface area contributed by atoms with Gasteiger partial charge in [0.2, 0.25) is 5.91 Å². The molecule has 0 saturated carbocycles. The fourth-order valence-corrected chi connectivity index (χ4v) is 2.78. The van der Waals surface area contributed by atoms with E-state index in [1.54, 1.807) is 11.8 Å². The third-order valence-electron chi connectivity index (χ3n) is 2.74. The van der Waals surface area contributed by atoms with Crippen LogP contribution in [0.2, 0.25) is 0 Å². The van der Waals surface area contributed by atoms with E-state index in [1.165, 1.54) is 12.8 Å². The highest BCUT2D eigenvalue weighted by Crippen LogP contribution is 2.19. The fraction of sp³-hybridized carbons (Fsp3) is 0.900. The van der Waals surface area contributed by atoms with E-state index in [9.17, 15) is 4.79 Å². The SMILES string of the molecule is O=C(CSC1CCNCC1)NC1COC1. The molecule has 2 aliphatic rings. The number of nitrogens with one attached hydrogen (secondary N) is 2. The summed E-state index contributed by atoms with van der Waals surface area (Å²) in [5.74, 6) is 0.757. The number of amides is 1. The highest BCUT2D eigenvalue weighted by atomic mass is 32.2. The Morgan fingerprint density at radius 2 is 2.13 bits per heavy atom. The molecule has 2 saturated heterocycles. The predicted octanol–water partition coefficient (Wildman–Crippen LogP) is -0.0134. The molecule has 2 rings (SSSR count). The molecule has 0 spiro atoms. The first-order valence-electron chi connectivity index (χ1n) is 5.54. The van der Waals surface area contributed by atoms with Crippen molar-refractivity contribution in [3.63, 3.8) is 0 Å². The molecular formula is C10H18N2O2S. The molecule has 0 unspecified atom stereocenters. The van der Waals surface area contributed by atoms with Crippen LogP contribution in [0.4, 0.5) is 0 Å². The summed E-state index contributed by atoms with van der Waals surface area (Å²) in [5, 5.41) is 6.94. The number of ether oxygens (including phenoxy) is 1. The Balaban J connectivity index is 1.57. The van der Waals surface area contributed by atoms with Crippen molar-refractivity contribution < 1.29 is 9.53 Å². The van der Waals surface area contributed by atoms with Crippen LogP contribution in [-0.4, -0.2) is 49.3 Å². The molecule has 0 atom stereocenters. The zero-order valence-electron chi connectivity index (χ0n) is 8.83. The molecule has 0 aliphatic carbocycles. The molecule has 1 amide bonds. The molecule has 86 valence electrons. The lowest BCUT2D eigenvalue weighted by Crippen LogP contribution is -2.49. The summed E-state index contributed by atoms with van der Waals surface area (Å²) in [6, 6.07) is 0.270. The fourth-order valence-electron chi connectivity index (χ4n) is 1.74. The zero-order chi connectivity index (χ0) is 10.5. The number of rotatable bonds is 4. The Bertz CT molecular complexity index is 215. The second-order valence-corrected chi connectivity index (χ2v) is 5.35. The molecule has 4 nitrogen and oxygen atoms in total. The van der Waals surface area contributed by atoms with Crippen LogP contribution in [-0.2, 0) is 9.53 Å². The third-order valence-corrected chi connectivity index (χ3v) is 4.11. The second kappa shape index (κ2) is 5.72. The largest absolute Gasteiger partial charge is 0.377 e. The lowest BCUT2D eigenvalue weighted by Gasteiger charge is -2.27. The number of carbonyl (C=O) groups excluding carboxylic acids is 1. The van der Waals surface area contributed by atoms with Gasteiger partial charge in [0.15, 0.2) is 0 Å². The van der Waals surface area contributed by atoms with Gasteiger partial charge in [0.1, 0.15) is 0 Å². The van der Waals surface area contributed by atoms with Crippen LogP contribution in [0.25, 0.3) is 0 Å². The van der Waals surface area contributed by atoms with Crippen molar-refractivity contribution >= 4 is 17.7 Å². The average Bonchev–Trinajstić information content (AvgIpc) is 2.22. The van der Waals surface area contributed by atoms with Gasteiger partial charge in [-0.1, -0.05) is 0 Å². The summed E-state index contributed by atoms with van der Waals surface area (Å²) in [7, 11) is 0. The van der Waals surface area contributed by atoms with E-state index < -0.39 is 0 Å². The number of thioether (sulfide) groups is 1. The highest BCUT2D eigenvalue weighted by molar-refractivity contribution is 8.00. The maximum atomic E-state index is 11.5. The number of piperidine rings is 1. The predicted molar refractivity (Wildman–Crippen MR) is 61.1 cm³/mol. The Hall–Kier alpha value is -0.260. The van der Waals surface area contributed by atoms with E-state index in [2.05, 4.69) is 10.6 Å². The summed E-state index contributed by atoms with van der Waals surface area (Å²) < 4.78 is 5.00. The van der Waals surface area contributed by atoms with Gasteiger partial charge in [0.05, 0.1) is 25.0 Å². The summed E-state index contributed by atoms with van der Waals surface area (Å²) in [5.41, 5.74) is 0. The van der Waals surface area contributed by atoms with Crippen molar-refractivity contribution in [3.8, 4) is 0 Å². The van der Waals surface area contributed by atoms with E-state index in [0.29, 0.717) is 24.2 Å². The molecule has 2 aliphatic heterocycles. The quantitative estimate of drug-likeness (QED) is 0.713. The minimum absolute atomic E-state index is 0.159. The van der Waals surface area contributed by atoms with Gasteiger partial charge in [-0.2, -0.15) is 0 Å². The lowest BCUT2D eigenvalue weighted by atomic mass is 10.2. The minimum atomic E-state index is 0.159. The molecule has 0 radical (unpaired) electrons. The number of hydrogen-bond donors (Lipinski definition) is 2. The maximum Gasteiger partial charge on any atom is 0.230 e. The van der Waals surface area contributed by atoms with E-state index in [4.69, 9.17) is 4.74 Å². The van der Waals surface area contributed by atoms with Crippen molar-refractivity contribution in [1.82, 2.24) is 10.6 Å². The van der Waals surface area contributed by atoms with E-state index >= 15 is 0 Å². The van der Waals surface area contributed by atoms with Gasteiger partial charge in [-0.05, 0) is 25.9 Å². The molecule has 15 heavy (non-hydrogen) atoms. The van der Waals surface area contributed by atoms with Gasteiger partial charge in [0, 0.05) is 5.25 Å². The molecule has 0 bridgehead atoms. The lowest BCUT2D eigenvalue weighted by molar-refractivity contribution is -0.122. The standard InChI is InChI=1S/C10H18N2O2S/c13-10(12-8-5-14-6-8)7-15-9-1-3-11-4-2-9/h8-9,11H,1-7H2,(H,12,13). The van der Waals surface area contributed by atoms with Crippen molar-refractivity contribution in [2.45, 2.75) is 24.1 Å². The highest BCUT2D eigenvalue weighted by Gasteiger charge is 2.21. The first-order valence-corrected chi connectivity index (χ1v) is 6.59. The summed E-state index contributed by atoms with van der Waals surface area (Å²) in [4.78, 5) is 11.5. The molecule has 2 N–H and O–H groups in total. The van der Waals surface area contributed by atoms with Crippen LogP contribution < -0.4 is 10.6 Å². The monoisotopic (exact) mass is 230 g/mol. The normalized spacial score (nSPS) is 23.5. The van der Waals surface area contributed by atoms with E-state index in [0.717, 1.165) is 13.1 Å². The van der Waals surface area contributed by atoms with E-state index in [-0.39, 0.29) is 11.9 Å². The summed E-state index contributed by atoms with van der Waals surface area (Å²) in [6.45, 7) is 3.55. The maximum absolute atomic E-state index is 11.5. The third kappa shape index (κ3) is 3.66. The van der Waals surface area contributed by atoms with Crippen LogP contribution >= 0.6 is 11.8 Å². The van der Waals surface area contributed by atoms with Crippen LogP contribution in [0.15, 0.2) is 0 Å². The smallest absolute Gasteiger partial charge is 0.230 e. The Morgan fingerprint density at radius 3 is 2.73 bits per heavy atom. The van der Waals surface area contributed by atoms with Gasteiger partial charge < -0.3 is 15.4 Å². The van der Waals surface area contributed by atoms with Gasteiger partial charge in [-0.25, -0.2) is 0 Å². The Morgan fingerprint density at radius 1 is 1.40 bits per heavy atom. The molecular weight excluding hydrogens is 212 g/mol. The van der Waals surface area contributed by atoms with Crippen LogP contribution in [0.3, 0.4) is 0 Å². The first-order chi connectivity index (χ1) is 7.34. The van der Waals surface area contributed by atoms with Crippen molar-refractivity contribution in [1.29, 1.82) is 0 Å². The zero-order valence-corrected chi connectivity index (χ0v) is 9.65. The van der Waals surface area contributed by atoms with Crippen LogP contribution in [0.1, 0.15) is 12.8 Å². The first kappa shape index (κ1) is 11.2. The Labute approximate surface area is 94.5 Å². The van der Waals surface area contributed by atoms with E-state index in [1.807, 2.05) is 0 Å². The molecule has 5 heteroatoms. The molecule has 0 aromatic carbocycles. The molecule has 2 fully saturated rings. The Kier molecular flexibility index (Phi) is 4.29. The molecule has 0 aromatic heterocycles. The van der Waals surface area contributed by atoms with Crippen LogP contribution in [0, 0.1) is 0 Å². The second-order valence-electron chi connectivity index (χ2n) is 4.06. The van der Waals surface area contributed by atoms with Gasteiger partial charge >= 0.3 is 0 Å². The summed E-state index contributed by atoms with van der Waals surface area (Å²) in [6.07, 6.45) is 2.37. The van der Waals surface area contributed by atoms with Crippen molar-refractivity contribution in [2.75, 3.05) is 32.1 Å². The summed E-state index contributed by atoms with van der Waals surface area (Å²) >= 11 is 1.79.